The third kappa shape index (κ3) is 2.64. The van der Waals surface area contributed by atoms with Gasteiger partial charge in [0.05, 0.1) is 25.8 Å². The Morgan fingerprint density at radius 3 is 2.44 bits per heavy atom. The van der Waals surface area contributed by atoms with Gasteiger partial charge in [0.1, 0.15) is 11.5 Å². The molecule has 0 aliphatic heterocycles. The van der Waals surface area contributed by atoms with Gasteiger partial charge in [-0.05, 0) is 32.5 Å². The Morgan fingerprint density at radius 1 is 1.33 bits per heavy atom. The largest absolute Gasteiger partial charge is 0.496 e. The molecule has 4 nitrogen and oxygen atoms in total. The normalized spacial score (nSPS) is 12.1. The SMILES string of the molecule is CCC(NC)C(=O)c1ccc(OC)c(C)c1OC. The molecule has 1 aromatic carbocycles. The number of rotatable bonds is 6. The van der Waals surface area contributed by atoms with Gasteiger partial charge in [0, 0.05) is 5.56 Å². The van der Waals surface area contributed by atoms with E-state index in [1.54, 1.807) is 33.4 Å². The van der Waals surface area contributed by atoms with Gasteiger partial charge in [-0.3, -0.25) is 4.79 Å². The van der Waals surface area contributed by atoms with E-state index in [1.807, 2.05) is 13.8 Å². The van der Waals surface area contributed by atoms with Gasteiger partial charge in [-0.15, -0.1) is 0 Å². The summed E-state index contributed by atoms with van der Waals surface area (Å²) in [5.41, 5.74) is 1.44. The molecule has 0 aliphatic rings. The molecule has 1 unspecified atom stereocenters. The molecule has 0 aromatic heterocycles. The molecule has 1 aromatic rings. The Bertz CT molecular complexity index is 425. The van der Waals surface area contributed by atoms with E-state index in [4.69, 9.17) is 9.47 Å². The molecule has 0 heterocycles. The maximum Gasteiger partial charge on any atom is 0.183 e. The van der Waals surface area contributed by atoms with E-state index in [0.29, 0.717) is 11.3 Å². The number of nitrogens with one attached hydrogen (secondary N) is 1. The molecular weight excluding hydrogens is 230 g/mol. The number of ketones is 1. The third-order valence-electron chi connectivity index (χ3n) is 3.12. The van der Waals surface area contributed by atoms with Crippen LogP contribution in [-0.2, 0) is 0 Å². The standard InChI is InChI=1S/C14H21NO3/c1-6-11(15-3)13(16)10-7-8-12(17-4)9(2)14(10)18-5/h7-8,11,15H,6H2,1-5H3. The van der Waals surface area contributed by atoms with E-state index in [1.165, 1.54) is 0 Å². The van der Waals surface area contributed by atoms with Crippen LogP contribution in [-0.4, -0.2) is 33.1 Å². The molecule has 0 saturated carbocycles. The number of Topliss-reactive ketones (excluding diaryl/α,β-unsaturated/α-hetero) is 1. The highest BCUT2D eigenvalue weighted by molar-refractivity contribution is 6.03. The van der Waals surface area contributed by atoms with Gasteiger partial charge in [0.2, 0.25) is 0 Å². The van der Waals surface area contributed by atoms with Gasteiger partial charge in [-0.25, -0.2) is 0 Å². The average Bonchev–Trinajstić information content (AvgIpc) is 2.39. The van der Waals surface area contributed by atoms with Crippen LogP contribution < -0.4 is 14.8 Å². The van der Waals surface area contributed by atoms with Crippen LogP contribution >= 0.6 is 0 Å². The molecule has 100 valence electrons. The van der Waals surface area contributed by atoms with Crippen LogP contribution in [0.1, 0.15) is 29.3 Å². The summed E-state index contributed by atoms with van der Waals surface area (Å²) in [5.74, 6) is 1.36. The highest BCUT2D eigenvalue weighted by Crippen LogP contribution is 2.32. The minimum absolute atomic E-state index is 0.0441. The molecule has 1 atom stereocenters. The first kappa shape index (κ1) is 14.5. The maximum atomic E-state index is 12.4. The molecule has 0 spiro atoms. The van der Waals surface area contributed by atoms with Crippen molar-refractivity contribution in [1.29, 1.82) is 0 Å². The van der Waals surface area contributed by atoms with E-state index in [0.717, 1.165) is 17.7 Å². The minimum Gasteiger partial charge on any atom is -0.496 e. The number of ether oxygens (including phenoxy) is 2. The summed E-state index contributed by atoms with van der Waals surface area (Å²) in [6, 6.07) is 3.37. The summed E-state index contributed by atoms with van der Waals surface area (Å²) in [5, 5.41) is 3.01. The van der Waals surface area contributed by atoms with Crippen molar-refractivity contribution in [3.8, 4) is 11.5 Å². The van der Waals surface area contributed by atoms with Gasteiger partial charge in [0.25, 0.3) is 0 Å². The molecule has 0 aliphatic carbocycles. The lowest BCUT2D eigenvalue weighted by atomic mass is 9.99. The number of hydrogen-bond acceptors (Lipinski definition) is 4. The Balaban J connectivity index is 3.24. The number of likely N-dealkylation sites (N-methyl/N-ethyl adjacent to an activating group) is 1. The lowest BCUT2D eigenvalue weighted by Crippen LogP contribution is -2.33. The molecule has 0 fully saturated rings. The highest BCUT2D eigenvalue weighted by Gasteiger charge is 2.22. The van der Waals surface area contributed by atoms with Crippen molar-refractivity contribution in [2.24, 2.45) is 0 Å². The molecule has 0 saturated heterocycles. The second-order valence-electron chi connectivity index (χ2n) is 4.09. The van der Waals surface area contributed by atoms with Gasteiger partial charge < -0.3 is 14.8 Å². The van der Waals surface area contributed by atoms with Gasteiger partial charge in [0.15, 0.2) is 5.78 Å². The van der Waals surface area contributed by atoms with Crippen molar-refractivity contribution in [3.63, 3.8) is 0 Å². The fraction of sp³-hybridized carbons (Fsp3) is 0.500. The fourth-order valence-electron chi connectivity index (χ4n) is 2.06. The zero-order chi connectivity index (χ0) is 13.7. The minimum atomic E-state index is -0.188. The number of benzene rings is 1. The molecule has 0 radical (unpaired) electrons. The van der Waals surface area contributed by atoms with Gasteiger partial charge in [-0.1, -0.05) is 6.92 Å². The Labute approximate surface area is 108 Å². The van der Waals surface area contributed by atoms with E-state index in [2.05, 4.69) is 5.32 Å². The molecule has 0 amide bonds. The smallest absolute Gasteiger partial charge is 0.183 e. The molecule has 1 rings (SSSR count). The molecule has 18 heavy (non-hydrogen) atoms. The zero-order valence-electron chi connectivity index (χ0n) is 11.7. The zero-order valence-corrected chi connectivity index (χ0v) is 11.7. The van der Waals surface area contributed by atoms with Gasteiger partial charge in [-0.2, -0.15) is 0 Å². The number of carbonyl (C=O) groups excluding carboxylic acids is 1. The van der Waals surface area contributed by atoms with Crippen molar-refractivity contribution in [2.45, 2.75) is 26.3 Å². The van der Waals surface area contributed by atoms with Crippen LogP contribution in [0, 0.1) is 6.92 Å². The first-order valence-corrected chi connectivity index (χ1v) is 6.03. The van der Waals surface area contributed by atoms with Crippen LogP contribution in [0.3, 0.4) is 0 Å². The lowest BCUT2D eigenvalue weighted by molar-refractivity contribution is 0.0941. The highest BCUT2D eigenvalue weighted by atomic mass is 16.5. The number of hydrogen-bond donors (Lipinski definition) is 1. The lowest BCUT2D eigenvalue weighted by Gasteiger charge is -2.17. The summed E-state index contributed by atoms with van der Waals surface area (Å²) in [7, 11) is 4.96. The number of carbonyl (C=O) groups is 1. The van der Waals surface area contributed by atoms with E-state index >= 15 is 0 Å². The van der Waals surface area contributed by atoms with Crippen LogP contribution in [0.25, 0.3) is 0 Å². The van der Waals surface area contributed by atoms with Gasteiger partial charge >= 0.3 is 0 Å². The number of methoxy groups -OCH3 is 2. The summed E-state index contributed by atoms with van der Waals surface area (Å²) in [6.45, 7) is 3.86. The average molecular weight is 251 g/mol. The van der Waals surface area contributed by atoms with Crippen molar-refractivity contribution >= 4 is 5.78 Å². The van der Waals surface area contributed by atoms with Crippen molar-refractivity contribution in [2.75, 3.05) is 21.3 Å². The second kappa shape index (κ2) is 6.40. The van der Waals surface area contributed by atoms with E-state index < -0.39 is 0 Å². The Hall–Kier alpha value is -1.55. The Morgan fingerprint density at radius 2 is 2.00 bits per heavy atom. The van der Waals surface area contributed by atoms with Crippen molar-refractivity contribution < 1.29 is 14.3 Å². The quantitative estimate of drug-likeness (QED) is 0.787. The molecule has 4 heteroatoms. The topological polar surface area (TPSA) is 47.6 Å². The first-order chi connectivity index (χ1) is 8.60. The summed E-state index contributed by atoms with van der Waals surface area (Å²) < 4.78 is 10.6. The monoisotopic (exact) mass is 251 g/mol. The van der Waals surface area contributed by atoms with Crippen LogP contribution in [0.4, 0.5) is 0 Å². The summed E-state index contributed by atoms with van der Waals surface area (Å²) in [4.78, 5) is 12.4. The molecular formula is C14H21NO3. The summed E-state index contributed by atoms with van der Waals surface area (Å²) >= 11 is 0. The van der Waals surface area contributed by atoms with Crippen LogP contribution in [0.2, 0.25) is 0 Å². The molecule has 0 bridgehead atoms. The van der Waals surface area contributed by atoms with E-state index in [9.17, 15) is 4.79 Å². The van der Waals surface area contributed by atoms with Crippen LogP contribution in [0.15, 0.2) is 12.1 Å². The summed E-state index contributed by atoms with van der Waals surface area (Å²) in [6.07, 6.45) is 0.740. The predicted octanol–water partition coefficient (Wildman–Crippen LogP) is 2.19. The van der Waals surface area contributed by atoms with E-state index in [-0.39, 0.29) is 11.8 Å². The predicted molar refractivity (Wildman–Crippen MR) is 71.8 cm³/mol. The van der Waals surface area contributed by atoms with Crippen molar-refractivity contribution in [1.82, 2.24) is 5.32 Å². The third-order valence-corrected chi connectivity index (χ3v) is 3.12. The maximum absolute atomic E-state index is 12.4. The van der Waals surface area contributed by atoms with Crippen molar-refractivity contribution in [3.05, 3.63) is 23.3 Å². The molecule has 1 N–H and O–H groups in total. The van der Waals surface area contributed by atoms with Crippen LogP contribution in [0.5, 0.6) is 11.5 Å². The fourth-order valence-corrected chi connectivity index (χ4v) is 2.06. The first-order valence-electron chi connectivity index (χ1n) is 6.03. The second-order valence-corrected chi connectivity index (χ2v) is 4.09. The Kier molecular flexibility index (Phi) is 5.16.